The van der Waals surface area contributed by atoms with E-state index in [1.807, 2.05) is 24.3 Å². The van der Waals surface area contributed by atoms with E-state index in [1.165, 1.54) is 0 Å². The quantitative estimate of drug-likeness (QED) is 0.627. The van der Waals surface area contributed by atoms with E-state index in [4.69, 9.17) is 0 Å². The summed E-state index contributed by atoms with van der Waals surface area (Å²) >= 11 is 3.90. The number of rotatable bonds is 4. The monoisotopic (exact) mass is 306 g/mol. The molecule has 0 aliphatic rings. The molecule has 1 aromatic carbocycles. The van der Waals surface area contributed by atoms with Gasteiger partial charge in [-0.3, -0.25) is 4.79 Å². The number of carbonyl (C=O) groups excluding carboxylic acids is 1. The Morgan fingerprint density at radius 3 is 2.54 bits per heavy atom. The van der Waals surface area contributed by atoms with Gasteiger partial charge in [0.2, 0.25) is 0 Å². The Morgan fingerprint density at radius 2 is 2.00 bits per heavy atom. The zero-order valence-electron chi connectivity index (χ0n) is 7.42. The van der Waals surface area contributed by atoms with Gasteiger partial charge in [0.15, 0.2) is 5.78 Å². The number of hydrogen-bond acceptors (Lipinski definition) is 2. The van der Waals surface area contributed by atoms with Crippen molar-refractivity contribution in [2.75, 3.05) is 11.5 Å². The number of benzene rings is 1. The molecule has 1 rings (SSSR count). The predicted molar refractivity (Wildman–Crippen MR) is 66.5 cm³/mol. The van der Waals surface area contributed by atoms with Crippen molar-refractivity contribution >= 4 is 40.1 Å². The van der Waals surface area contributed by atoms with E-state index < -0.39 is 0 Å². The smallest absolute Gasteiger partial charge is 0.172 e. The van der Waals surface area contributed by atoms with Gasteiger partial charge in [-0.15, -0.1) is 0 Å². The Morgan fingerprint density at radius 1 is 1.38 bits per heavy atom. The fourth-order valence-electron chi connectivity index (χ4n) is 0.914. The standard InChI is InChI=1S/C10H11IOS/c1-2-13-7-10(12)8-3-5-9(11)6-4-8/h3-6H,2,7H2,1H3. The van der Waals surface area contributed by atoms with Crippen LogP contribution >= 0.6 is 34.4 Å². The van der Waals surface area contributed by atoms with E-state index in [1.54, 1.807) is 11.8 Å². The third-order valence-electron chi connectivity index (χ3n) is 1.60. The zero-order valence-corrected chi connectivity index (χ0v) is 10.4. The van der Waals surface area contributed by atoms with E-state index in [-0.39, 0.29) is 5.78 Å². The molecule has 0 fully saturated rings. The van der Waals surface area contributed by atoms with Crippen molar-refractivity contribution in [3.63, 3.8) is 0 Å². The van der Waals surface area contributed by atoms with Crippen molar-refractivity contribution in [3.8, 4) is 0 Å². The summed E-state index contributed by atoms with van der Waals surface area (Å²) in [7, 11) is 0. The largest absolute Gasteiger partial charge is 0.293 e. The van der Waals surface area contributed by atoms with Crippen LogP contribution in [-0.2, 0) is 0 Å². The molecule has 13 heavy (non-hydrogen) atoms. The Kier molecular flexibility index (Phi) is 4.80. The van der Waals surface area contributed by atoms with Gasteiger partial charge in [-0.1, -0.05) is 19.1 Å². The first-order chi connectivity index (χ1) is 6.24. The van der Waals surface area contributed by atoms with Gasteiger partial charge >= 0.3 is 0 Å². The van der Waals surface area contributed by atoms with Gasteiger partial charge < -0.3 is 0 Å². The van der Waals surface area contributed by atoms with Gasteiger partial charge in [0.1, 0.15) is 0 Å². The first kappa shape index (κ1) is 11.0. The lowest BCUT2D eigenvalue weighted by Crippen LogP contribution is -2.02. The lowest BCUT2D eigenvalue weighted by Gasteiger charge is -1.99. The molecule has 0 N–H and O–H groups in total. The fourth-order valence-corrected chi connectivity index (χ4v) is 1.83. The molecule has 0 saturated heterocycles. The minimum atomic E-state index is 0.225. The highest BCUT2D eigenvalue weighted by Crippen LogP contribution is 2.10. The third kappa shape index (κ3) is 3.68. The molecular formula is C10H11IOS. The maximum absolute atomic E-state index is 11.5. The third-order valence-corrected chi connectivity index (χ3v) is 3.20. The van der Waals surface area contributed by atoms with Crippen LogP contribution in [-0.4, -0.2) is 17.3 Å². The molecule has 3 heteroatoms. The molecule has 0 aliphatic carbocycles. The summed E-state index contributed by atoms with van der Waals surface area (Å²) in [6.45, 7) is 2.06. The lowest BCUT2D eigenvalue weighted by molar-refractivity contribution is 0.102. The van der Waals surface area contributed by atoms with Crippen molar-refractivity contribution in [3.05, 3.63) is 33.4 Å². The fraction of sp³-hybridized carbons (Fsp3) is 0.300. The van der Waals surface area contributed by atoms with Gasteiger partial charge in [-0.2, -0.15) is 11.8 Å². The maximum atomic E-state index is 11.5. The predicted octanol–water partition coefficient (Wildman–Crippen LogP) is 3.23. The Bertz CT molecular complexity index is 281. The molecular weight excluding hydrogens is 295 g/mol. The molecule has 0 atom stereocenters. The van der Waals surface area contributed by atoms with Crippen molar-refractivity contribution in [2.24, 2.45) is 0 Å². The van der Waals surface area contributed by atoms with Crippen molar-refractivity contribution in [2.45, 2.75) is 6.92 Å². The minimum absolute atomic E-state index is 0.225. The zero-order chi connectivity index (χ0) is 9.68. The highest BCUT2D eigenvalue weighted by molar-refractivity contribution is 14.1. The summed E-state index contributed by atoms with van der Waals surface area (Å²) in [6, 6.07) is 7.70. The topological polar surface area (TPSA) is 17.1 Å². The van der Waals surface area contributed by atoms with Gasteiger partial charge in [0.25, 0.3) is 0 Å². The van der Waals surface area contributed by atoms with Gasteiger partial charge in [0.05, 0.1) is 5.75 Å². The van der Waals surface area contributed by atoms with Crippen molar-refractivity contribution in [1.29, 1.82) is 0 Å². The number of hydrogen-bond donors (Lipinski definition) is 0. The molecule has 0 bridgehead atoms. The minimum Gasteiger partial charge on any atom is -0.293 e. The van der Waals surface area contributed by atoms with Crippen molar-refractivity contribution in [1.82, 2.24) is 0 Å². The number of ketones is 1. The molecule has 0 aliphatic heterocycles. The summed E-state index contributed by atoms with van der Waals surface area (Å²) in [5.74, 6) is 1.82. The summed E-state index contributed by atoms with van der Waals surface area (Å²) in [5.41, 5.74) is 0.821. The summed E-state index contributed by atoms with van der Waals surface area (Å²) in [6.07, 6.45) is 0. The van der Waals surface area contributed by atoms with Crippen LogP contribution in [0.15, 0.2) is 24.3 Å². The molecule has 0 radical (unpaired) electrons. The van der Waals surface area contributed by atoms with Crippen LogP contribution in [0.4, 0.5) is 0 Å². The summed E-state index contributed by atoms with van der Waals surface area (Å²) in [4.78, 5) is 11.5. The second-order valence-electron chi connectivity index (χ2n) is 2.57. The average Bonchev–Trinajstić information content (AvgIpc) is 2.15. The van der Waals surface area contributed by atoms with Crippen molar-refractivity contribution < 1.29 is 4.79 Å². The summed E-state index contributed by atoms with van der Waals surface area (Å²) < 4.78 is 1.16. The second kappa shape index (κ2) is 5.65. The van der Waals surface area contributed by atoms with Crippen LogP contribution in [0.3, 0.4) is 0 Å². The van der Waals surface area contributed by atoms with Crippen LogP contribution < -0.4 is 0 Å². The number of Topliss-reactive ketones (excluding diaryl/α,β-unsaturated/α-hetero) is 1. The molecule has 70 valence electrons. The normalized spacial score (nSPS) is 10.0. The van der Waals surface area contributed by atoms with Crippen LogP contribution in [0, 0.1) is 3.57 Å². The maximum Gasteiger partial charge on any atom is 0.172 e. The molecule has 0 amide bonds. The van der Waals surface area contributed by atoms with E-state index in [9.17, 15) is 4.79 Å². The number of carbonyl (C=O) groups is 1. The molecule has 1 aromatic rings. The molecule has 0 heterocycles. The van der Waals surface area contributed by atoms with Gasteiger partial charge in [0, 0.05) is 9.13 Å². The van der Waals surface area contributed by atoms with E-state index in [0.29, 0.717) is 5.75 Å². The van der Waals surface area contributed by atoms with Crippen LogP contribution in [0.25, 0.3) is 0 Å². The van der Waals surface area contributed by atoms with Crippen LogP contribution in [0.1, 0.15) is 17.3 Å². The molecule has 1 nitrogen and oxygen atoms in total. The van der Waals surface area contributed by atoms with E-state index in [0.717, 1.165) is 14.9 Å². The molecule has 0 spiro atoms. The Hall–Kier alpha value is -0.0300. The highest BCUT2D eigenvalue weighted by Gasteiger charge is 2.03. The average molecular weight is 306 g/mol. The van der Waals surface area contributed by atoms with E-state index in [2.05, 4.69) is 29.5 Å². The highest BCUT2D eigenvalue weighted by atomic mass is 127. The Balaban J connectivity index is 2.61. The van der Waals surface area contributed by atoms with Gasteiger partial charge in [-0.05, 0) is 40.5 Å². The van der Waals surface area contributed by atoms with Crippen LogP contribution in [0.2, 0.25) is 0 Å². The molecule has 0 saturated carbocycles. The number of halogens is 1. The Labute approximate surface area is 96.4 Å². The summed E-state index contributed by atoms with van der Waals surface area (Å²) in [5, 5.41) is 0. The lowest BCUT2D eigenvalue weighted by atomic mass is 10.2. The molecule has 0 aromatic heterocycles. The van der Waals surface area contributed by atoms with Gasteiger partial charge in [-0.25, -0.2) is 0 Å². The first-order valence-electron chi connectivity index (χ1n) is 4.10. The molecule has 0 unspecified atom stereocenters. The second-order valence-corrected chi connectivity index (χ2v) is 5.09. The van der Waals surface area contributed by atoms with E-state index >= 15 is 0 Å². The number of thioether (sulfide) groups is 1. The first-order valence-corrected chi connectivity index (χ1v) is 6.34. The SMILES string of the molecule is CCSCC(=O)c1ccc(I)cc1. The van der Waals surface area contributed by atoms with Crippen LogP contribution in [0.5, 0.6) is 0 Å².